The highest BCUT2D eigenvalue weighted by molar-refractivity contribution is 5.69. The molecule has 0 bridgehead atoms. The molecule has 0 aliphatic carbocycles. The minimum absolute atomic E-state index is 0.150. The van der Waals surface area contributed by atoms with Gasteiger partial charge in [0.2, 0.25) is 0 Å². The van der Waals surface area contributed by atoms with Gasteiger partial charge >= 0.3 is 11.9 Å². The Morgan fingerprint density at radius 2 is 1.68 bits per heavy atom. The summed E-state index contributed by atoms with van der Waals surface area (Å²) in [5, 5.41) is 18.9. The molecule has 0 saturated carbocycles. The van der Waals surface area contributed by atoms with Crippen LogP contribution in [0, 0.1) is 0 Å². The van der Waals surface area contributed by atoms with Crippen molar-refractivity contribution in [2.45, 2.75) is 83.8 Å². The van der Waals surface area contributed by atoms with Gasteiger partial charge in [-0.15, -0.1) is 0 Å². The number of carbonyl (C=O) groups is 2. The fraction of sp³-hybridized carbons (Fsp3) is 0.600. The summed E-state index contributed by atoms with van der Waals surface area (Å²) < 4.78 is 9.74. The maximum atomic E-state index is 11.7. The van der Waals surface area contributed by atoms with Crippen molar-refractivity contribution in [2.75, 3.05) is 13.2 Å². The smallest absolute Gasteiger partial charge is 0.305 e. The molecule has 0 aromatic heterocycles. The first-order chi connectivity index (χ1) is 15.0. The Balaban J connectivity index is 3.80. The first-order valence-corrected chi connectivity index (χ1v) is 11.2. The van der Waals surface area contributed by atoms with Gasteiger partial charge in [0, 0.05) is 13.3 Å². The van der Waals surface area contributed by atoms with Crippen molar-refractivity contribution in [1.29, 1.82) is 0 Å². The van der Waals surface area contributed by atoms with Crippen LogP contribution in [0.25, 0.3) is 0 Å². The van der Waals surface area contributed by atoms with E-state index in [1.165, 1.54) is 26.2 Å². The normalized spacial score (nSPS) is 14.1. The van der Waals surface area contributed by atoms with E-state index in [-0.39, 0.29) is 13.0 Å². The summed E-state index contributed by atoms with van der Waals surface area (Å²) in [4.78, 5) is 22.5. The van der Waals surface area contributed by atoms with Crippen molar-refractivity contribution in [3.8, 4) is 0 Å². The Morgan fingerprint density at radius 1 is 0.968 bits per heavy atom. The lowest BCUT2D eigenvalue weighted by Gasteiger charge is -2.14. The number of allylic oxidation sites excluding steroid dienone is 7. The van der Waals surface area contributed by atoms with E-state index in [9.17, 15) is 14.7 Å². The van der Waals surface area contributed by atoms with Crippen molar-refractivity contribution in [2.24, 2.45) is 0 Å². The number of carbonyl (C=O) groups excluding carboxylic acids is 2. The molecule has 0 aliphatic heterocycles. The van der Waals surface area contributed by atoms with Crippen LogP contribution >= 0.6 is 0 Å². The van der Waals surface area contributed by atoms with Crippen LogP contribution in [0.1, 0.15) is 71.6 Å². The van der Waals surface area contributed by atoms with E-state index in [0.29, 0.717) is 12.8 Å². The minimum Gasteiger partial charge on any atom is -0.462 e. The lowest BCUT2D eigenvalue weighted by molar-refractivity contribution is -0.159. The maximum absolute atomic E-state index is 11.7. The summed E-state index contributed by atoms with van der Waals surface area (Å²) in [7, 11) is 0. The average Bonchev–Trinajstić information content (AvgIpc) is 2.74. The van der Waals surface area contributed by atoms with Gasteiger partial charge in [-0.25, -0.2) is 0 Å². The number of hydrogen-bond donors (Lipinski definition) is 2. The number of aliphatic hydroxyl groups excluding tert-OH is 2. The van der Waals surface area contributed by atoms with E-state index in [1.807, 2.05) is 12.2 Å². The molecule has 0 rings (SSSR count). The second kappa shape index (κ2) is 21.1. The molecule has 0 fully saturated rings. The Labute approximate surface area is 187 Å². The predicted octanol–water partition coefficient (Wildman–Crippen LogP) is 4.57. The molecular weight excluding hydrogens is 396 g/mol. The molecule has 31 heavy (non-hydrogen) atoms. The largest absolute Gasteiger partial charge is 0.462 e. The summed E-state index contributed by atoms with van der Waals surface area (Å²) in [5.41, 5.74) is 0. The highest BCUT2D eigenvalue weighted by Crippen LogP contribution is 2.05. The van der Waals surface area contributed by atoms with Crippen molar-refractivity contribution < 1.29 is 29.3 Å². The molecule has 2 atom stereocenters. The van der Waals surface area contributed by atoms with Crippen LogP contribution in [0.15, 0.2) is 48.6 Å². The number of unbranched alkanes of at least 4 members (excludes halogenated alkanes) is 3. The van der Waals surface area contributed by atoms with Gasteiger partial charge in [-0.2, -0.15) is 0 Å². The van der Waals surface area contributed by atoms with Crippen LogP contribution in [-0.4, -0.2) is 47.6 Å². The lowest BCUT2D eigenvalue weighted by Crippen LogP contribution is -2.27. The molecule has 0 radical (unpaired) electrons. The molecule has 0 heterocycles. The molecule has 0 amide bonds. The van der Waals surface area contributed by atoms with Crippen LogP contribution in [0.4, 0.5) is 0 Å². The molecule has 6 heteroatoms. The summed E-state index contributed by atoms with van der Waals surface area (Å²) in [5.74, 6) is -0.996. The first-order valence-electron chi connectivity index (χ1n) is 11.2. The van der Waals surface area contributed by atoms with Crippen LogP contribution in [-0.2, 0) is 19.1 Å². The van der Waals surface area contributed by atoms with Gasteiger partial charge in [0.05, 0.1) is 12.7 Å². The van der Waals surface area contributed by atoms with Gasteiger partial charge in [-0.1, -0.05) is 68.4 Å². The predicted molar refractivity (Wildman–Crippen MR) is 123 cm³/mol. The topological polar surface area (TPSA) is 93.1 Å². The summed E-state index contributed by atoms with van der Waals surface area (Å²) >= 11 is 0. The van der Waals surface area contributed by atoms with Crippen LogP contribution in [0.5, 0.6) is 0 Å². The van der Waals surface area contributed by atoms with Gasteiger partial charge < -0.3 is 19.7 Å². The fourth-order valence-electron chi connectivity index (χ4n) is 2.59. The van der Waals surface area contributed by atoms with E-state index in [0.717, 1.165) is 19.3 Å². The molecule has 0 aromatic carbocycles. The summed E-state index contributed by atoms with van der Waals surface area (Å²) in [6.07, 6.45) is 22.5. The molecule has 176 valence electrons. The van der Waals surface area contributed by atoms with E-state index < -0.39 is 30.8 Å². The third-order valence-corrected chi connectivity index (χ3v) is 4.28. The Kier molecular flexibility index (Phi) is 19.6. The van der Waals surface area contributed by atoms with E-state index in [1.54, 1.807) is 12.2 Å². The van der Waals surface area contributed by atoms with Crippen molar-refractivity contribution in [3.63, 3.8) is 0 Å². The number of rotatable bonds is 18. The number of hydrogen-bond acceptors (Lipinski definition) is 6. The molecular formula is C25H40O6. The highest BCUT2D eigenvalue weighted by atomic mass is 16.6. The second-order valence-corrected chi connectivity index (χ2v) is 7.28. The molecule has 0 spiro atoms. The molecule has 0 aliphatic rings. The third-order valence-electron chi connectivity index (χ3n) is 4.28. The van der Waals surface area contributed by atoms with Crippen LogP contribution in [0.2, 0.25) is 0 Å². The molecule has 0 unspecified atom stereocenters. The minimum atomic E-state index is -0.844. The highest BCUT2D eigenvalue weighted by Gasteiger charge is 2.14. The van der Waals surface area contributed by atoms with Crippen molar-refractivity contribution >= 4 is 11.9 Å². The third kappa shape index (κ3) is 20.9. The van der Waals surface area contributed by atoms with Crippen LogP contribution < -0.4 is 0 Å². The molecule has 0 saturated heterocycles. The number of ether oxygens (including phenoxy) is 2. The van der Waals surface area contributed by atoms with Crippen molar-refractivity contribution in [3.05, 3.63) is 48.6 Å². The molecule has 0 aromatic rings. The Bertz CT molecular complexity index is 577. The van der Waals surface area contributed by atoms with Gasteiger partial charge in [-0.3, -0.25) is 9.59 Å². The summed E-state index contributed by atoms with van der Waals surface area (Å²) in [6, 6.07) is 0. The zero-order valence-corrected chi connectivity index (χ0v) is 19.1. The Hall–Kier alpha value is -2.18. The number of esters is 2. The zero-order valence-electron chi connectivity index (χ0n) is 19.1. The van der Waals surface area contributed by atoms with Gasteiger partial charge in [0.25, 0.3) is 0 Å². The molecule has 2 N–H and O–H groups in total. The standard InChI is InChI=1S/C25H40O6/c1-3-4-5-6-7-8-9-10-11-12-13-14-15-17-23(28)18-16-19-25(29)30-21-24(20-26)31-22(2)27/h7-8,10-11,13-15,17,23-24,26,28H,3-6,9,12,16,18-21H2,1-2H3/b8-7-,11-10-,14-13-,17-15+/t23-,24+/m1/s1. The Morgan fingerprint density at radius 3 is 2.35 bits per heavy atom. The van der Waals surface area contributed by atoms with Crippen LogP contribution in [0.3, 0.4) is 0 Å². The van der Waals surface area contributed by atoms with Gasteiger partial charge in [-0.05, 0) is 38.5 Å². The first kappa shape index (κ1) is 28.8. The van der Waals surface area contributed by atoms with E-state index in [2.05, 4.69) is 31.2 Å². The zero-order chi connectivity index (χ0) is 23.2. The van der Waals surface area contributed by atoms with Gasteiger partial charge in [0.15, 0.2) is 6.10 Å². The number of aliphatic hydroxyl groups is 2. The maximum Gasteiger partial charge on any atom is 0.305 e. The second-order valence-electron chi connectivity index (χ2n) is 7.28. The fourth-order valence-corrected chi connectivity index (χ4v) is 2.59. The quantitative estimate of drug-likeness (QED) is 0.141. The lowest BCUT2D eigenvalue weighted by atomic mass is 10.1. The van der Waals surface area contributed by atoms with Crippen molar-refractivity contribution in [1.82, 2.24) is 0 Å². The van der Waals surface area contributed by atoms with E-state index >= 15 is 0 Å². The van der Waals surface area contributed by atoms with E-state index in [4.69, 9.17) is 14.6 Å². The average molecular weight is 437 g/mol. The van der Waals surface area contributed by atoms with Gasteiger partial charge in [0.1, 0.15) is 6.61 Å². The SMILES string of the molecule is CCCCC/C=C\C/C=C\C/C=C\C=C\[C@@H](O)CCCC(=O)OC[C@H](CO)OC(C)=O. The summed E-state index contributed by atoms with van der Waals surface area (Å²) in [6.45, 7) is 2.85. The molecule has 6 nitrogen and oxygen atoms in total. The monoisotopic (exact) mass is 436 g/mol.